The highest BCUT2D eigenvalue weighted by Gasteiger charge is 2.42. The Morgan fingerprint density at radius 3 is 2.82 bits per heavy atom. The molecule has 0 bridgehead atoms. The van der Waals surface area contributed by atoms with Crippen LogP contribution in [0.1, 0.15) is 18.4 Å². The van der Waals surface area contributed by atoms with Crippen LogP contribution in [0.15, 0.2) is 18.2 Å². The fraction of sp³-hybridized carbons (Fsp3) is 0.600. The van der Waals surface area contributed by atoms with Crippen LogP contribution in [-0.4, -0.2) is 73.7 Å². The van der Waals surface area contributed by atoms with E-state index in [0.29, 0.717) is 30.5 Å². The van der Waals surface area contributed by atoms with E-state index in [0.717, 1.165) is 25.1 Å². The molecule has 2 atom stereocenters. The number of likely N-dealkylation sites (tertiary alicyclic amines) is 1. The number of primary amides is 1. The van der Waals surface area contributed by atoms with E-state index in [4.69, 9.17) is 26.8 Å². The number of ether oxygens (including phenoxy) is 2. The van der Waals surface area contributed by atoms with Gasteiger partial charge >= 0.3 is 0 Å². The number of aryl methyl sites for hydroxylation is 1. The van der Waals surface area contributed by atoms with Crippen LogP contribution in [0.3, 0.4) is 0 Å². The first kappa shape index (κ1) is 20.9. The largest absolute Gasteiger partial charge is 0.490 e. The van der Waals surface area contributed by atoms with Gasteiger partial charge in [0, 0.05) is 18.1 Å². The van der Waals surface area contributed by atoms with Gasteiger partial charge in [-0.3, -0.25) is 9.59 Å². The lowest BCUT2D eigenvalue weighted by Crippen LogP contribution is -2.58. The van der Waals surface area contributed by atoms with Crippen molar-refractivity contribution in [3.05, 3.63) is 28.8 Å². The summed E-state index contributed by atoms with van der Waals surface area (Å²) >= 11 is 6.06. The molecular weight excluding hydrogens is 382 g/mol. The molecule has 2 heterocycles. The molecule has 154 valence electrons. The lowest BCUT2D eigenvalue weighted by molar-refractivity contribution is -0.164. The predicted octanol–water partition coefficient (Wildman–Crippen LogP) is 1.45. The van der Waals surface area contributed by atoms with Crippen molar-refractivity contribution in [2.45, 2.75) is 25.4 Å². The van der Waals surface area contributed by atoms with Crippen LogP contribution in [0, 0.1) is 12.8 Å². The molecule has 0 aromatic heterocycles. The van der Waals surface area contributed by atoms with E-state index in [-0.39, 0.29) is 24.9 Å². The molecule has 2 unspecified atom stereocenters. The van der Waals surface area contributed by atoms with Crippen molar-refractivity contribution in [1.82, 2.24) is 9.80 Å². The minimum atomic E-state index is -0.947. The van der Waals surface area contributed by atoms with Gasteiger partial charge in [0.25, 0.3) is 0 Å². The summed E-state index contributed by atoms with van der Waals surface area (Å²) in [6.45, 7) is 4.87. The number of hydrogen-bond acceptors (Lipinski definition) is 5. The molecule has 1 aromatic carbocycles. The highest BCUT2D eigenvalue weighted by atomic mass is 35.5. The maximum absolute atomic E-state index is 12.9. The van der Waals surface area contributed by atoms with E-state index in [1.165, 1.54) is 0 Å². The normalized spacial score (nSPS) is 25.7. The van der Waals surface area contributed by atoms with Gasteiger partial charge in [-0.05, 0) is 50.7 Å². The van der Waals surface area contributed by atoms with Crippen molar-refractivity contribution in [3.63, 3.8) is 0 Å². The third-order valence-electron chi connectivity index (χ3n) is 5.43. The maximum atomic E-state index is 12.9. The summed E-state index contributed by atoms with van der Waals surface area (Å²) in [5.74, 6) is 0.263. The van der Waals surface area contributed by atoms with Gasteiger partial charge < -0.3 is 25.0 Å². The van der Waals surface area contributed by atoms with Crippen LogP contribution in [0.2, 0.25) is 5.02 Å². The van der Waals surface area contributed by atoms with Crippen LogP contribution in [0.25, 0.3) is 0 Å². The first-order valence-corrected chi connectivity index (χ1v) is 9.94. The predicted molar refractivity (Wildman–Crippen MR) is 106 cm³/mol. The third-order valence-corrected chi connectivity index (χ3v) is 5.85. The molecule has 2 N–H and O–H groups in total. The second kappa shape index (κ2) is 8.68. The van der Waals surface area contributed by atoms with E-state index in [9.17, 15) is 9.59 Å². The minimum Gasteiger partial charge on any atom is -0.490 e. The molecule has 2 fully saturated rings. The molecule has 2 amide bonds. The zero-order valence-electron chi connectivity index (χ0n) is 16.4. The fourth-order valence-electron chi connectivity index (χ4n) is 3.91. The Labute approximate surface area is 170 Å². The Morgan fingerprint density at radius 1 is 1.39 bits per heavy atom. The van der Waals surface area contributed by atoms with Crippen molar-refractivity contribution >= 4 is 23.4 Å². The Bertz CT molecular complexity index is 744. The number of nitrogens with zero attached hydrogens (tertiary/aromatic N) is 2. The monoisotopic (exact) mass is 409 g/mol. The molecular formula is C20H28ClN3O4. The van der Waals surface area contributed by atoms with Crippen LogP contribution < -0.4 is 10.5 Å². The van der Waals surface area contributed by atoms with Gasteiger partial charge in [0.2, 0.25) is 11.8 Å². The van der Waals surface area contributed by atoms with E-state index in [2.05, 4.69) is 4.90 Å². The number of hydrogen-bond donors (Lipinski definition) is 1. The lowest BCUT2D eigenvalue weighted by Gasteiger charge is -2.42. The summed E-state index contributed by atoms with van der Waals surface area (Å²) in [6, 6.07) is 5.37. The molecule has 7 nitrogen and oxygen atoms in total. The smallest absolute Gasteiger partial charge is 0.227 e. The third kappa shape index (κ3) is 4.96. The Kier molecular flexibility index (Phi) is 6.47. The Morgan fingerprint density at radius 2 is 2.18 bits per heavy atom. The van der Waals surface area contributed by atoms with Gasteiger partial charge in [0.15, 0.2) is 0 Å². The summed E-state index contributed by atoms with van der Waals surface area (Å²) in [4.78, 5) is 28.6. The average Bonchev–Trinajstić information content (AvgIpc) is 3.08. The minimum absolute atomic E-state index is 0.00536. The molecule has 3 rings (SSSR count). The molecule has 0 aliphatic carbocycles. The fourth-order valence-corrected chi connectivity index (χ4v) is 4.03. The molecule has 0 radical (unpaired) electrons. The van der Waals surface area contributed by atoms with E-state index < -0.39 is 11.5 Å². The zero-order chi connectivity index (χ0) is 20.3. The number of rotatable bonds is 6. The van der Waals surface area contributed by atoms with Crippen LogP contribution in [-0.2, 0) is 14.3 Å². The number of carbonyl (C=O) groups is 2. The van der Waals surface area contributed by atoms with E-state index in [1.807, 2.05) is 20.0 Å². The number of carbonyl (C=O) groups excluding carboxylic acids is 2. The van der Waals surface area contributed by atoms with Gasteiger partial charge in [0.05, 0.1) is 25.5 Å². The van der Waals surface area contributed by atoms with Gasteiger partial charge in [-0.25, -0.2) is 0 Å². The summed E-state index contributed by atoms with van der Waals surface area (Å²) in [5, 5.41) is 0.659. The SMILES string of the molecule is Cc1cc(OCC2(CC(N)=O)CN(C(=O)C3CCN(C)C3)CCO2)ccc1Cl. The average molecular weight is 410 g/mol. The quantitative estimate of drug-likeness (QED) is 0.768. The van der Waals surface area contributed by atoms with E-state index >= 15 is 0 Å². The highest BCUT2D eigenvalue weighted by Crippen LogP contribution is 2.28. The summed E-state index contributed by atoms with van der Waals surface area (Å²) in [5.41, 5.74) is 5.43. The maximum Gasteiger partial charge on any atom is 0.227 e. The first-order valence-electron chi connectivity index (χ1n) is 9.56. The standard InChI is InChI=1S/C20H28ClN3O4/c1-14-9-16(3-4-17(14)21)27-13-20(10-18(22)25)12-24(7-8-28-20)19(26)15-5-6-23(2)11-15/h3-4,9,15H,5-8,10-13H2,1-2H3,(H2,22,25). The summed E-state index contributed by atoms with van der Waals surface area (Å²) in [7, 11) is 2.02. The zero-order valence-corrected chi connectivity index (χ0v) is 17.2. The first-order chi connectivity index (χ1) is 13.3. The van der Waals surface area contributed by atoms with Crippen molar-refractivity contribution in [3.8, 4) is 5.75 Å². The number of morpholine rings is 1. The second-order valence-electron chi connectivity index (χ2n) is 7.88. The van der Waals surface area contributed by atoms with Crippen molar-refractivity contribution in [2.24, 2.45) is 11.7 Å². The summed E-state index contributed by atoms with van der Waals surface area (Å²) < 4.78 is 11.9. The van der Waals surface area contributed by atoms with Gasteiger partial charge in [-0.15, -0.1) is 0 Å². The van der Waals surface area contributed by atoms with Crippen LogP contribution >= 0.6 is 11.6 Å². The number of amides is 2. The molecule has 1 aromatic rings. The Hall–Kier alpha value is -1.83. The van der Waals surface area contributed by atoms with Gasteiger partial charge in [-0.2, -0.15) is 0 Å². The topological polar surface area (TPSA) is 85.1 Å². The molecule has 28 heavy (non-hydrogen) atoms. The molecule has 2 aliphatic heterocycles. The number of benzene rings is 1. The van der Waals surface area contributed by atoms with Crippen molar-refractivity contribution in [2.75, 3.05) is 46.4 Å². The van der Waals surface area contributed by atoms with Gasteiger partial charge in [0.1, 0.15) is 18.0 Å². The second-order valence-corrected chi connectivity index (χ2v) is 8.29. The van der Waals surface area contributed by atoms with Crippen LogP contribution in [0.5, 0.6) is 5.75 Å². The number of halogens is 1. The van der Waals surface area contributed by atoms with Crippen molar-refractivity contribution < 1.29 is 19.1 Å². The molecule has 0 spiro atoms. The lowest BCUT2D eigenvalue weighted by atomic mass is 9.96. The molecule has 2 aliphatic rings. The molecule has 0 saturated carbocycles. The van der Waals surface area contributed by atoms with Crippen LogP contribution in [0.4, 0.5) is 0 Å². The van der Waals surface area contributed by atoms with Crippen molar-refractivity contribution in [1.29, 1.82) is 0 Å². The Balaban J connectivity index is 1.71. The molecule has 8 heteroatoms. The van der Waals surface area contributed by atoms with Gasteiger partial charge in [-0.1, -0.05) is 11.6 Å². The highest BCUT2D eigenvalue weighted by molar-refractivity contribution is 6.31. The molecule has 2 saturated heterocycles. The summed E-state index contributed by atoms with van der Waals surface area (Å²) in [6.07, 6.45) is 0.851. The van der Waals surface area contributed by atoms with E-state index in [1.54, 1.807) is 17.0 Å². The number of nitrogens with two attached hydrogens (primary N) is 1.